The fraction of sp³-hybridized carbons (Fsp3) is 0.188. The number of nitrogens with one attached hydrogen (secondary N) is 1. The molecule has 0 radical (unpaired) electrons. The zero-order valence-corrected chi connectivity index (χ0v) is 12.1. The molecule has 0 fully saturated rings. The fourth-order valence-corrected chi connectivity index (χ4v) is 2.15. The van der Waals surface area contributed by atoms with Crippen molar-refractivity contribution in [1.82, 2.24) is 5.32 Å². The Bertz CT molecular complexity index is 696. The molecular weight excluding hydrogens is 284 g/mol. The van der Waals surface area contributed by atoms with E-state index in [9.17, 15) is 20.0 Å². The summed E-state index contributed by atoms with van der Waals surface area (Å²) in [7, 11) is 0. The summed E-state index contributed by atoms with van der Waals surface area (Å²) in [6.07, 6.45) is 0.611. The van der Waals surface area contributed by atoms with Gasteiger partial charge in [-0.15, -0.1) is 0 Å². The topological polar surface area (TPSA) is 92.5 Å². The van der Waals surface area contributed by atoms with E-state index in [1.54, 1.807) is 37.3 Å². The SMILES string of the molecule is Cc1c(C(=O)NCCc2ccc(O)cc2)cccc1[N+](=O)[O-]. The van der Waals surface area contributed by atoms with E-state index in [2.05, 4.69) is 5.32 Å². The van der Waals surface area contributed by atoms with Crippen molar-refractivity contribution in [3.8, 4) is 5.75 Å². The van der Waals surface area contributed by atoms with Crippen LogP contribution in [0.15, 0.2) is 42.5 Å². The Labute approximate surface area is 127 Å². The maximum absolute atomic E-state index is 12.1. The molecule has 2 aromatic rings. The summed E-state index contributed by atoms with van der Waals surface area (Å²) in [5.41, 5.74) is 1.58. The maximum Gasteiger partial charge on any atom is 0.273 e. The quantitative estimate of drug-likeness (QED) is 0.655. The minimum Gasteiger partial charge on any atom is -0.508 e. The van der Waals surface area contributed by atoms with E-state index >= 15 is 0 Å². The third-order valence-electron chi connectivity index (χ3n) is 3.38. The van der Waals surface area contributed by atoms with Gasteiger partial charge >= 0.3 is 0 Å². The van der Waals surface area contributed by atoms with Gasteiger partial charge in [0.1, 0.15) is 5.75 Å². The third kappa shape index (κ3) is 3.60. The molecule has 2 rings (SSSR count). The number of nitrogens with zero attached hydrogens (tertiary/aromatic N) is 1. The van der Waals surface area contributed by atoms with Crippen LogP contribution in [0.2, 0.25) is 0 Å². The van der Waals surface area contributed by atoms with E-state index in [4.69, 9.17) is 0 Å². The van der Waals surface area contributed by atoms with Crippen LogP contribution in [0.25, 0.3) is 0 Å². The lowest BCUT2D eigenvalue weighted by Gasteiger charge is -2.08. The molecule has 6 heteroatoms. The molecule has 22 heavy (non-hydrogen) atoms. The number of amides is 1. The van der Waals surface area contributed by atoms with E-state index < -0.39 is 4.92 Å². The number of benzene rings is 2. The molecule has 2 aromatic carbocycles. The zero-order valence-electron chi connectivity index (χ0n) is 12.1. The highest BCUT2D eigenvalue weighted by Crippen LogP contribution is 2.20. The van der Waals surface area contributed by atoms with E-state index in [0.29, 0.717) is 24.1 Å². The molecule has 0 aliphatic heterocycles. The normalized spacial score (nSPS) is 10.2. The molecule has 0 atom stereocenters. The predicted molar refractivity (Wildman–Crippen MR) is 82.0 cm³/mol. The van der Waals surface area contributed by atoms with Gasteiger partial charge in [0.2, 0.25) is 0 Å². The van der Waals surface area contributed by atoms with Crippen LogP contribution in [0.1, 0.15) is 21.5 Å². The van der Waals surface area contributed by atoms with Crippen LogP contribution >= 0.6 is 0 Å². The van der Waals surface area contributed by atoms with Gasteiger partial charge in [-0.25, -0.2) is 0 Å². The maximum atomic E-state index is 12.1. The summed E-state index contributed by atoms with van der Waals surface area (Å²) < 4.78 is 0. The molecule has 0 saturated carbocycles. The second-order valence-corrected chi connectivity index (χ2v) is 4.88. The summed E-state index contributed by atoms with van der Waals surface area (Å²) in [6, 6.07) is 11.2. The third-order valence-corrected chi connectivity index (χ3v) is 3.38. The lowest BCUT2D eigenvalue weighted by atomic mass is 10.1. The summed E-state index contributed by atoms with van der Waals surface area (Å²) in [5, 5.41) is 22.8. The number of phenolic OH excluding ortho intramolecular Hbond substituents is 1. The van der Waals surface area contributed by atoms with Gasteiger partial charge in [-0.3, -0.25) is 14.9 Å². The average Bonchev–Trinajstić information content (AvgIpc) is 2.49. The van der Waals surface area contributed by atoms with E-state index in [0.717, 1.165) is 5.56 Å². The molecule has 0 bridgehead atoms. The van der Waals surface area contributed by atoms with E-state index in [1.165, 1.54) is 12.1 Å². The zero-order chi connectivity index (χ0) is 16.1. The van der Waals surface area contributed by atoms with Crippen LogP contribution in [0.5, 0.6) is 5.75 Å². The van der Waals surface area contributed by atoms with Crippen LogP contribution in [-0.4, -0.2) is 22.5 Å². The lowest BCUT2D eigenvalue weighted by molar-refractivity contribution is -0.385. The van der Waals surface area contributed by atoms with Gasteiger partial charge in [0, 0.05) is 23.7 Å². The Hall–Kier alpha value is -2.89. The first-order valence-corrected chi connectivity index (χ1v) is 6.79. The Morgan fingerprint density at radius 3 is 2.55 bits per heavy atom. The largest absolute Gasteiger partial charge is 0.508 e. The minimum absolute atomic E-state index is 0.0637. The smallest absolute Gasteiger partial charge is 0.273 e. The van der Waals surface area contributed by atoms with Gasteiger partial charge < -0.3 is 10.4 Å². The fourth-order valence-electron chi connectivity index (χ4n) is 2.15. The molecule has 0 aliphatic carbocycles. The number of nitro benzene ring substituents is 1. The molecule has 6 nitrogen and oxygen atoms in total. The Morgan fingerprint density at radius 1 is 1.23 bits per heavy atom. The number of rotatable bonds is 5. The van der Waals surface area contributed by atoms with Crippen molar-refractivity contribution in [2.45, 2.75) is 13.3 Å². The second kappa shape index (κ2) is 6.71. The minimum atomic E-state index is -0.497. The monoisotopic (exact) mass is 300 g/mol. The van der Waals surface area contributed by atoms with Gasteiger partial charge in [0.15, 0.2) is 0 Å². The molecule has 1 amide bonds. The second-order valence-electron chi connectivity index (χ2n) is 4.88. The molecule has 0 aliphatic rings. The van der Waals surface area contributed by atoms with Crippen LogP contribution < -0.4 is 5.32 Å². The van der Waals surface area contributed by atoms with Crippen molar-refractivity contribution in [3.63, 3.8) is 0 Å². The highest BCUT2D eigenvalue weighted by molar-refractivity contribution is 5.96. The highest BCUT2D eigenvalue weighted by atomic mass is 16.6. The van der Waals surface area contributed by atoms with Gasteiger partial charge in [-0.2, -0.15) is 0 Å². The van der Waals surface area contributed by atoms with Crippen LogP contribution in [-0.2, 0) is 6.42 Å². The number of carbonyl (C=O) groups excluding carboxylic acids is 1. The van der Waals surface area contributed by atoms with Crippen molar-refractivity contribution in [2.24, 2.45) is 0 Å². The molecule has 114 valence electrons. The van der Waals surface area contributed by atoms with Crippen molar-refractivity contribution >= 4 is 11.6 Å². The summed E-state index contributed by atoms with van der Waals surface area (Å²) >= 11 is 0. The Morgan fingerprint density at radius 2 is 1.91 bits per heavy atom. The van der Waals surface area contributed by atoms with Gasteiger partial charge in [0.05, 0.1) is 4.92 Å². The van der Waals surface area contributed by atoms with Crippen molar-refractivity contribution in [3.05, 3.63) is 69.3 Å². The van der Waals surface area contributed by atoms with Gasteiger partial charge in [-0.1, -0.05) is 18.2 Å². The van der Waals surface area contributed by atoms with E-state index in [-0.39, 0.29) is 17.3 Å². The van der Waals surface area contributed by atoms with E-state index in [1.807, 2.05) is 0 Å². The van der Waals surface area contributed by atoms with Crippen LogP contribution in [0.3, 0.4) is 0 Å². The average molecular weight is 300 g/mol. The first-order chi connectivity index (χ1) is 10.5. The highest BCUT2D eigenvalue weighted by Gasteiger charge is 2.17. The molecule has 0 saturated heterocycles. The van der Waals surface area contributed by atoms with Crippen molar-refractivity contribution < 1.29 is 14.8 Å². The first kappa shape index (κ1) is 15.5. The molecule has 0 heterocycles. The van der Waals surface area contributed by atoms with Crippen LogP contribution in [0, 0.1) is 17.0 Å². The van der Waals surface area contributed by atoms with Crippen molar-refractivity contribution in [2.75, 3.05) is 6.54 Å². The number of hydrogen-bond donors (Lipinski definition) is 2. The molecule has 0 spiro atoms. The Kier molecular flexibility index (Phi) is 4.73. The summed E-state index contributed by atoms with van der Waals surface area (Å²) in [5.74, 6) is -0.139. The predicted octanol–water partition coefficient (Wildman–Crippen LogP) is 2.58. The molecule has 0 aromatic heterocycles. The summed E-state index contributed by atoms with van der Waals surface area (Å²) in [6.45, 7) is 1.97. The number of aromatic hydroxyl groups is 1. The standard InChI is InChI=1S/C16H16N2O4/c1-11-14(3-2-4-15(11)18(21)22)16(20)17-10-9-12-5-7-13(19)8-6-12/h2-8,19H,9-10H2,1H3,(H,17,20). The summed E-state index contributed by atoms with van der Waals surface area (Å²) in [4.78, 5) is 22.5. The number of carbonyl (C=O) groups is 1. The number of nitro groups is 1. The lowest BCUT2D eigenvalue weighted by Crippen LogP contribution is -2.26. The number of hydrogen-bond acceptors (Lipinski definition) is 4. The molecular formula is C16H16N2O4. The molecule has 0 unspecified atom stereocenters. The number of phenols is 1. The molecule has 2 N–H and O–H groups in total. The Balaban J connectivity index is 1.99. The van der Waals surface area contributed by atoms with Gasteiger partial charge in [0.25, 0.3) is 11.6 Å². The van der Waals surface area contributed by atoms with Crippen LogP contribution in [0.4, 0.5) is 5.69 Å². The van der Waals surface area contributed by atoms with Gasteiger partial charge in [-0.05, 0) is 37.1 Å². The van der Waals surface area contributed by atoms with Crippen molar-refractivity contribution in [1.29, 1.82) is 0 Å². The first-order valence-electron chi connectivity index (χ1n) is 6.79.